The molecule has 1 aromatic heterocycles. The number of benzene rings is 2. The second-order valence-corrected chi connectivity index (χ2v) is 11.6. The molecule has 2 bridgehead atoms. The van der Waals surface area contributed by atoms with Crippen LogP contribution in [0.1, 0.15) is 48.5 Å². The largest absolute Gasteiger partial charge is 0.508 e. The van der Waals surface area contributed by atoms with Gasteiger partial charge < -0.3 is 25.0 Å². The van der Waals surface area contributed by atoms with Gasteiger partial charge in [0.05, 0.1) is 0 Å². The maximum absolute atomic E-state index is 10.8. The third-order valence-electron chi connectivity index (χ3n) is 9.39. The number of nitrogens with zero attached hydrogens (tertiary/aromatic N) is 5. The van der Waals surface area contributed by atoms with Crippen LogP contribution in [-0.2, 0) is 6.42 Å². The number of rotatable bonds is 5. The maximum Gasteiger partial charge on any atom is 0.232 e. The highest BCUT2D eigenvalue weighted by Gasteiger charge is 2.46. The van der Waals surface area contributed by atoms with Gasteiger partial charge >= 0.3 is 0 Å². The van der Waals surface area contributed by atoms with Crippen molar-refractivity contribution in [3.63, 3.8) is 0 Å². The van der Waals surface area contributed by atoms with Gasteiger partial charge in [-0.25, -0.2) is 4.98 Å². The third kappa shape index (κ3) is 4.20. The molecular weight excluding hydrogens is 488 g/mol. The SMILES string of the molecule is CN1CCC[C@H]1COc1ncc2c(c1C#N)C(N1[C@@H]3CC[C@H]1CNC3)N(c1cc(O)cc3ccccc13)CC2. The predicted octanol–water partition coefficient (Wildman–Crippen LogP) is 3.78. The quantitative estimate of drug-likeness (QED) is 0.522. The molecular formula is C31H36N6O2. The molecule has 0 radical (unpaired) electrons. The normalized spacial score (nSPS) is 27.0. The maximum atomic E-state index is 10.8. The zero-order valence-electron chi connectivity index (χ0n) is 22.5. The van der Waals surface area contributed by atoms with Gasteiger partial charge in [0.15, 0.2) is 0 Å². The van der Waals surface area contributed by atoms with Gasteiger partial charge in [-0.3, -0.25) is 4.90 Å². The van der Waals surface area contributed by atoms with Gasteiger partial charge in [-0.2, -0.15) is 5.26 Å². The highest BCUT2D eigenvalue weighted by atomic mass is 16.5. The Labute approximate surface area is 229 Å². The topological polar surface area (TPSA) is 87.9 Å². The number of anilines is 1. The number of phenols is 1. The van der Waals surface area contributed by atoms with E-state index in [1.807, 2.05) is 24.4 Å². The fraction of sp³-hybridized carbons (Fsp3) is 0.484. The molecule has 2 N–H and O–H groups in total. The lowest BCUT2D eigenvalue weighted by molar-refractivity contribution is 0.0907. The van der Waals surface area contributed by atoms with E-state index in [4.69, 9.17) is 9.72 Å². The van der Waals surface area contributed by atoms with Crippen LogP contribution in [0.2, 0.25) is 0 Å². The number of aromatic hydroxyl groups is 1. The number of ether oxygens (including phenoxy) is 1. The second kappa shape index (κ2) is 9.98. The van der Waals surface area contributed by atoms with Crippen molar-refractivity contribution < 1.29 is 9.84 Å². The van der Waals surface area contributed by atoms with Gasteiger partial charge in [0.1, 0.15) is 30.2 Å². The molecule has 4 aliphatic heterocycles. The van der Waals surface area contributed by atoms with Crippen LogP contribution in [0, 0.1) is 11.3 Å². The summed E-state index contributed by atoms with van der Waals surface area (Å²) in [6.45, 7) is 4.30. The zero-order chi connectivity index (χ0) is 26.5. The monoisotopic (exact) mass is 524 g/mol. The first kappa shape index (κ1) is 24.6. The molecule has 7 rings (SSSR count). The molecule has 0 spiro atoms. The summed E-state index contributed by atoms with van der Waals surface area (Å²) < 4.78 is 6.32. The lowest BCUT2D eigenvalue weighted by atomic mass is 9.91. The Morgan fingerprint density at radius 3 is 2.72 bits per heavy atom. The molecule has 1 unspecified atom stereocenters. The number of fused-ring (bicyclic) bond motifs is 4. The molecule has 5 heterocycles. The Balaban J connectivity index is 1.36. The molecule has 8 nitrogen and oxygen atoms in total. The van der Waals surface area contributed by atoms with E-state index in [9.17, 15) is 10.4 Å². The summed E-state index contributed by atoms with van der Waals surface area (Å²) in [5.74, 6) is 0.711. The van der Waals surface area contributed by atoms with Crippen molar-refractivity contribution in [1.82, 2.24) is 20.1 Å². The van der Waals surface area contributed by atoms with Crippen molar-refractivity contribution in [3.8, 4) is 17.7 Å². The average molecular weight is 525 g/mol. The van der Waals surface area contributed by atoms with Crippen LogP contribution in [0.25, 0.3) is 10.8 Å². The van der Waals surface area contributed by atoms with Gasteiger partial charge in [-0.05, 0) is 62.7 Å². The van der Waals surface area contributed by atoms with E-state index in [0.717, 1.165) is 79.4 Å². The molecule has 8 heteroatoms. The van der Waals surface area contributed by atoms with Crippen molar-refractivity contribution in [1.29, 1.82) is 5.26 Å². The summed E-state index contributed by atoms with van der Waals surface area (Å²) in [4.78, 5) is 12.1. The van der Waals surface area contributed by atoms with Gasteiger partial charge in [-0.15, -0.1) is 0 Å². The van der Waals surface area contributed by atoms with Crippen LogP contribution in [0.4, 0.5) is 5.69 Å². The average Bonchev–Trinajstić information content (AvgIpc) is 3.47. The molecule has 2 aromatic carbocycles. The van der Waals surface area contributed by atoms with Crippen molar-refractivity contribution >= 4 is 16.5 Å². The predicted molar refractivity (Wildman–Crippen MR) is 151 cm³/mol. The van der Waals surface area contributed by atoms with Crippen molar-refractivity contribution in [2.75, 3.05) is 44.7 Å². The number of likely N-dealkylation sites (tertiary alicyclic amines) is 1. The molecule has 4 aliphatic rings. The number of piperazine rings is 1. The number of aromatic nitrogens is 1. The standard InChI is InChI=1S/C31H36N6O2/c1-35-11-4-6-24(35)19-39-30-27(15-32)29-21(16-34-30)10-12-36(31(29)37-22-8-9-23(37)18-33-17-22)28-14-25(38)13-20-5-2-3-7-26(20)28/h2-3,5,7,13-14,16,22-24,31,33,38H,4,6,8-12,17-19H2,1H3/t22-,23+,24-,31?/m0/s1. The van der Waals surface area contributed by atoms with Crippen LogP contribution in [-0.4, -0.2) is 77.8 Å². The molecule has 39 heavy (non-hydrogen) atoms. The fourth-order valence-corrected chi connectivity index (χ4v) is 7.43. The van der Waals surface area contributed by atoms with Crippen LogP contribution in [0.3, 0.4) is 0 Å². The first-order valence-corrected chi connectivity index (χ1v) is 14.3. The van der Waals surface area contributed by atoms with Crippen LogP contribution < -0.4 is 15.0 Å². The van der Waals surface area contributed by atoms with E-state index in [-0.39, 0.29) is 11.9 Å². The van der Waals surface area contributed by atoms with E-state index < -0.39 is 0 Å². The molecule has 0 amide bonds. The van der Waals surface area contributed by atoms with E-state index in [0.29, 0.717) is 36.2 Å². The van der Waals surface area contributed by atoms with Crippen molar-refractivity contribution in [2.24, 2.45) is 0 Å². The summed E-state index contributed by atoms with van der Waals surface area (Å²) in [7, 11) is 2.14. The number of nitrogens with one attached hydrogen (secondary N) is 1. The minimum absolute atomic E-state index is 0.132. The number of nitriles is 1. The van der Waals surface area contributed by atoms with Gasteiger partial charge in [0.25, 0.3) is 0 Å². The minimum Gasteiger partial charge on any atom is -0.508 e. The van der Waals surface area contributed by atoms with Crippen LogP contribution >= 0.6 is 0 Å². The molecule has 4 atom stereocenters. The highest BCUT2D eigenvalue weighted by molar-refractivity contribution is 5.96. The lowest BCUT2D eigenvalue weighted by Crippen LogP contribution is -2.58. The number of likely N-dealkylation sites (N-methyl/N-ethyl adjacent to an activating group) is 1. The molecule has 0 saturated carbocycles. The van der Waals surface area contributed by atoms with Crippen molar-refractivity contribution in [3.05, 3.63) is 59.3 Å². The summed E-state index contributed by atoms with van der Waals surface area (Å²) in [6.07, 6.45) is 7.16. The van der Waals surface area contributed by atoms with Gasteiger partial charge in [-0.1, -0.05) is 24.3 Å². The van der Waals surface area contributed by atoms with Crippen molar-refractivity contribution in [2.45, 2.75) is 56.4 Å². The highest BCUT2D eigenvalue weighted by Crippen LogP contribution is 2.47. The third-order valence-corrected chi connectivity index (χ3v) is 9.39. The number of hydrogen-bond acceptors (Lipinski definition) is 8. The number of hydrogen-bond donors (Lipinski definition) is 2. The molecule has 0 aliphatic carbocycles. The van der Waals surface area contributed by atoms with E-state index in [2.05, 4.69) is 51.3 Å². The molecule has 3 saturated heterocycles. The Morgan fingerprint density at radius 2 is 1.95 bits per heavy atom. The Kier molecular flexibility index (Phi) is 6.31. The minimum atomic E-state index is -0.132. The number of pyridine rings is 1. The summed E-state index contributed by atoms with van der Waals surface area (Å²) in [5, 5.41) is 27.1. The summed E-state index contributed by atoms with van der Waals surface area (Å²) >= 11 is 0. The summed E-state index contributed by atoms with van der Waals surface area (Å²) in [5.41, 5.74) is 3.72. The smallest absolute Gasteiger partial charge is 0.232 e. The van der Waals surface area contributed by atoms with Gasteiger partial charge in [0.2, 0.25) is 5.88 Å². The van der Waals surface area contributed by atoms with Crippen LogP contribution in [0.15, 0.2) is 42.6 Å². The fourth-order valence-electron chi connectivity index (χ4n) is 7.43. The second-order valence-electron chi connectivity index (χ2n) is 11.6. The Morgan fingerprint density at radius 1 is 1.13 bits per heavy atom. The molecule has 202 valence electrons. The first-order valence-electron chi connectivity index (χ1n) is 14.3. The number of phenolic OH excluding ortho intramolecular Hbond substituents is 1. The van der Waals surface area contributed by atoms with Gasteiger partial charge in [0, 0.05) is 66.7 Å². The van der Waals surface area contributed by atoms with E-state index >= 15 is 0 Å². The van der Waals surface area contributed by atoms with Crippen LogP contribution in [0.5, 0.6) is 11.6 Å². The molecule has 3 aromatic rings. The molecule has 3 fully saturated rings. The lowest BCUT2D eigenvalue weighted by Gasteiger charge is -2.49. The van der Waals surface area contributed by atoms with E-state index in [1.165, 1.54) is 6.42 Å². The van der Waals surface area contributed by atoms with E-state index in [1.54, 1.807) is 0 Å². The Bertz CT molecular complexity index is 1420. The zero-order valence-corrected chi connectivity index (χ0v) is 22.5. The first-order chi connectivity index (χ1) is 19.1. The summed E-state index contributed by atoms with van der Waals surface area (Å²) in [6, 6.07) is 15.6. The Hall–Kier alpha value is -3.38.